The van der Waals surface area contributed by atoms with Crippen molar-refractivity contribution in [2.24, 2.45) is 5.92 Å². The highest BCUT2D eigenvalue weighted by atomic mass is 127. The molecule has 3 aromatic rings. The molecule has 28 heavy (non-hydrogen) atoms. The first-order valence-electron chi connectivity index (χ1n) is 9.18. The molecular formula is C19H25IN6OS. The first-order valence-corrected chi connectivity index (χ1v) is 11.1. The van der Waals surface area contributed by atoms with E-state index in [0.717, 1.165) is 51.1 Å². The van der Waals surface area contributed by atoms with E-state index in [0.29, 0.717) is 17.3 Å². The van der Waals surface area contributed by atoms with Crippen molar-refractivity contribution >= 4 is 51.3 Å². The first kappa shape index (κ1) is 21.1. The number of nitrogens with two attached hydrogens (primary N) is 1. The number of methoxy groups -OCH3 is 1. The van der Waals surface area contributed by atoms with Crippen LogP contribution in [0.25, 0.3) is 11.2 Å². The Morgan fingerprint density at radius 3 is 2.89 bits per heavy atom. The van der Waals surface area contributed by atoms with Gasteiger partial charge in [0.05, 0.1) is 7.11 Å². The van der Waals surface area contributed by atoms with Gasteiger partial charge in [-0.3, -0.25) is 0 Å². The Hall–Kier alpha value is -1.59. The molecule has 0 unspecified atom stereocenters. The molecule has 0 atom stereocenters. The van der Waals surface area contributed by atoms with E-state index in [-0.39, 0.29) is 0 Å². The molecule has 0 saturated carbocycles. The number of ether oxygens (including phenoxy) is 1. The highest BCUT2D eigenvalue weighted by molar-refractivity contribution is 14.1. The van der Waals surface area contributed by atoms with Crippen LogP contribution in [0.4, 0.5) is 5.82 Å². The van der Waals surface area contributed by atoms with Gasteiger partial charge in [0.1, 0.15) is 12.1 Å². The molecule has 1 aromatic carbocycles. The zero-order chi connectivity index (χ0) is 20.1. The number of hydrogen-bond donors (Lipinski definition) is 2. The fraction of sp³-hybridized carbons (Fsp3) is 0.421. The lowest BCUT2D eigenvalue weighted by atomic mass is 10.2. The van der Waals surface area contributed by atoms with Crippen LogP contribution < -0.4 is 15.8 Å². The Bertz CT molecular complexity index is 946. The maximum Gasteiger partial charge on any atom is 0.175 e. The molecule has 3 rings (SSSR count). The minimum absolute atomic E-state index is 0.406. The maximum atomic E-state index is 6.05. The average Bonchev–Trinajstić information content (AvgIpc) is 3.02. The van der Waals surface area contributed by atoms with E-state index in [9.17, 15) is 0 Å². The van der Waals surface area contributed by atoms with E-state index in [2.05, 4.69) is 56.3 Å². The Labute approximate surface area is 183 Å². The molecule has 3 N–H and O–H groups in total. The van der Waals surface area contributed by atoms with E-state index < -0.39 is 0 Å². The lowest BCUT2D eigenvalue weighted by molar-refractivity contribution is 0.413. The van der Waals surface area contributed by atoms with Gasteiger partial charge in [0.25, 0.3) is 0 Å². The minimum Gasteiger partial charge on any atom is -0.497 e. The van der Waals surface area contributed by atoms with Crippen molar-refractivity contribution in [3.05, 3.63) is 28.1 Å². The molecule has 2 heterocycles. The predicted molar refractivity (Wildman–Crippen MR) is 122 cm³/mol. The summed E-state index contributed by atoms with van der Waals surface area (Å²) in [5.74, 6) is 1.87. The molecule has 0 spiro atoms. The summed E-state index contributed by atoms with van der Waals surface area (Å²) in [4.78, 5) is 14.4. The summed E-state index contributed by atoms with van der Waals surface area (Å²) >= 11 is 3.92. The number of imidazole rings is 1. The minimum atomic E-state index is 0.406. The number of halogens is 1. The van der Waals surface area contributed by atoms with Gasteiger partial charge in [-0.1, -0.05) is 25.6 Å². The number of rotatable bonds is 9. The monoisotopic (exact) mass is 512 g/mol. The van der Waals surface area contributed by atoms with Gasteiger partial charge in [0.2, 0.25) is 0 Å². The van der Waals surface area contributed by atoms with E-state index in [1.54, 1.807) is 18.9 Å². The number of fused-ring (bicyclic) bond motifs is 1. The standard InChI is InChI=1S/C19H25IN6OS/c1-12(2)10-22-7-4-8-26-18-16(17(21)23-11-24-18)25-19(26)28-15-9-13(27-3)5-6-14(15)20/h5-6,9,11-12,22H,4,7-8,10H2,1-3H3,(H2,21,23,24). The molecule has 0 aliphatic heterocycles. The van der Waals surface area contributed by atoms with Gasteiger partial charge in [-0.2, -0.15) is 0 Å². The number of aromatic nitrogens is 4. The Morgan fingerprint density at radius 2 is 2.14 bits per heavy atom. The van der Waals surface area contributed by atoms with Crippen LogP contribution in [0.3, 0.4) is 0 Å². The predicted octanol–water partition coefficient (Wildman–Crippen LogP) is 3.81. The Balaban J connectivity index is 1.87. The molecule has 0 aliphatic rings. The third kappa shape index (κ3) is 5.06. The number of hydrogen-bond acceptors (Lipinski definition) is 7. The van der Waals surface area contributed by atoms with E-state index >= 15 is 0 Å². The fourth-order valence-corrected chi connectivity index (χ4v) is 4.38. The first-order chi connectivity index (χ1) is 13.5. The molecule has 0 saturated heterocycles. The third-order valence-electron chi connectivity index (χ3n) is 4.15. The van der Waals surface area contributed by atoms with E-state index in [1.807, 2.05) is 18.2 Å². The third-order valence-corrected chi connectivity index (χ3v) is 6.51. The van der Waals surface area contributed by atoms with Gasteiger partial charge >= 0.3 is 0 Å². The average molecular weight is 512 g/mol. The summed E-state index contributed by atoms with van der Waals surface area (Å²) in [5.41, 5.74) is 7.47. The van der Waals surface area contributed by atoms with Crippen LogP contribution in [0.15, 0.2) is 34.6 Å². The molecule has 0 aliphatic carbocycles. The summed E-state index contributed by atoms with van der Waals surface area (Å²) < 4.78 is 8.64. The molecule has 0 fully saturated rings. The Kier molecular flexibility index (Phi) is 7.36. The molecule has 7 nitrogen and oxygen atoms in total. The van der Waals surface area contributed by atoms with Crippen LogP contribution in [0.1, 0.15) is 20.3 Å². The number of anilines is 1. The smallest absolute Gasteiger partial charge is 0.175 e. The van der Waals surface area contributed by atoms with Crippen molar-refractivity contribution < 1.29 is 4.74 Å². The van der Waals surface area contributed by atoms with Crippen molar-refractivity contribution in [3.63, 3.8) is 0 Å². The summed E-state index contributed by atoms with van der Waals surface area (Å²) in [7, 11) is 1.67. The molecular weight excluding hydrogens is 487 g/mol. The number of nitrogen functional groups attached to an aromatic ring is 1. The van der Waals surface area contributed by atoms with Crippen LogP contribution in [0.2, 0.25) is 0 Å². The van der Waals surface area contributed by atoms with Crippen LogP contribution in [-0.2, 0) is 6.54 Å². The fourth-order valence-electron chi connectivity index (χ4n) is 2.75. The Morgan fingerprint density at radius 1 is 1.32 bits per heavy atom. The topological polar surface area (TPSA) is 90.9 Å². The second-order valence-electron chi connectivity index (χ2n) is 6.83. The largest absolute Gasteiger partial charge is 0.497 e. The normalized spacial score (nSPS) is 11.5. The zero-order valence-corrected chi connectivity index (χ0v) is 19.2. The van der Waals surface area contributed by atoms with Gasteiger partial charge in [0.15, 0.2) is 22.1 Å². The van der Waals surface area contributed by atoms with Gasteiger partial charge in [-0.25, -0.2) is 15.0 Å². The quantitative estimate of drug-likeness (QED) is 0.333. The second kappa shape index (κ2) is 9.75. The van der Waals surface area contributed by atoms with E-state index in [4.69, 9.17) is 15.5 Å². The molecule has 0 amide bonds. The molecule has 9 heteroatoms. The molecule has 0 radical (unpaired) electrons. The lowest BCUT2D eigenvalue weighted by Crippen LogP contribution is -2.21. The van der Waals surface area contributed by atoms with E-state index in [1.165, 1.54) is 6.33 Å². The summed E-state index contributed by atoms with van der Waals surface area (Å²) in [6.45, 7) is 7.19. The van der Waals surface area contributed by atoms with Gasteiger partial charge in [-0.05, 0) is 66.2 Å². The molecule has 2 aromatic heterocycles. The number of aryl methyl sites for hydroxylation is 1. The SMILES string of the molecule is COc1ccc(I)c(Sc2nc3c(N)ncnc3n2CCCNCC(C)C)c1. The van der Waals surface area contributed by atoms with Crippen molar-refractivity contribution in [1.82, 2.24) is 24.8 Å². The second-order valence-corrected chi connectivity index (χ2v) is 9.00. The lowest BCUT2D eigenvalue weighted by Gasteiger charge is -2.11. The van der Waals surface area contributed by atoms with Crippen LogP contribution in [-0.4, -0.2) is 39.7 Å². The van der Waals surface area contributed by atoms with Crippen LogP contribution in [0, 0.1) is 9.49 Å². The van der Waals surface area contributed by atoms with Crippen molar-refractivity contribution in [2.45, 2.75) is 36.9 Å². The summed E-state index contributed by atoms with van der Waals surface area (Å²) in [5, 5.41) is 4.34. The van der Waals surface area contributed by atoms with Crippen molar-refractivity contribution in [2.75, 3.05) is 25.9 Å². The highest BCUT2D eigenvalue weighted by Crippen LogP contribution is 2.35. The number of benzene rings is 1. The summed E-state index contributed by atoms with van der Waals surface area (Å²) in [6, 6.07) is 6.02. The van der Waals surface area contributed by atoms with Crippen molar-refractivity contribution in [3.8, 4) is 5.75 Å². The number of nitrogens with one attached hydrogen (secondary N) is 1. The molecule has 150 valence electrons. The zero-order valence-electron chi connectivity index (χ0n) is 16.3. The highest BCUT2D eigenvalue weighted by Gasteiger charge is 2.17. The summed E-state index contributed by atoms with van der Waals surface area (Å²) in [6.07, 6.45) is 2.47. The maximum absolute atomic E-state index is 6.05. The molecule has 0 bridgehead atoms. The van der Waals surface area contributed by atoms with Crippen molar-refractivity contribution in [1.29, 1.82) is 0 Å². The van der Waals surface area contributed by atoms with Gasteiger partial charge < -0.3 is 20.4 Å². The van der Waals surface area contributed by atoms with Gasteiger partial charge in [0, 0.05) is 15.0 Å². The van der Waals surface area contributed by atoms with Crippen LogP contribution >= 0.6 is 34.4 Å². The number of nitrogens with zero attached hydrogens (tertiary/aromatic N) is 4. The van der Waals surface area contributed by atoms with Crippen LogP contribution in [0.5, 0.6) is 5.75 Å². The van der Waals surface area contributed by atoms with Gasteiger partial charge in [-0.15, -0.1) is 0 Å².